The Bertz CT molecular complexity index is 280. The fourth-order valence-corrected chi connectivity index (χ4v) is 1.46. The quantitative estimate of drug-likeness (QED) is 0.406. The highest BCUT2D eigenvalue weighted by Crippen LogP contribution is 2.49. The summed E-state index contributed by atoms with van der Waals surface area (Å²) in [4.78, 5) is 0. The summed E-state index contributed by atoms with van der Waals surface area (Å²) in [6.07, 6.45) is -5.59. The zero-order valence-electron chi connectivity index (χ0n) is 9.05. The van der Waals surface area contributed by atoms with Crippen LogP contribution in [0, 0.1) is 0 Å². The second kappa shape index (κ2) is 5.49. The van der Waals surface area contributed by atoms with Crippen molar-refractivity contribution in [3.8, 4) is 0 Å². The van der Waals surface area contributed by atoms with Crippen LogP contribution < -0.4 is 0 Å². The van der Waals surface area contributed by atoms with Gasteiger partial charge in [0.05, 0.1) is 0 Å². The molecule has 0 aromatic heterocycles. The molecule has 0 aliphatic heterocycles. The molecule has 8 heteroatoms. The average Bonchev–Trinajstić information content (AvgIpc) is 2.15. The van der Waals surface area contributed by atoms with Crippen molar-refractivity contribution >= 4 is 11.8 Å². The first-order valence-electron chi connectivity index (χ1n) is 4.55. The van der Waals surface area contributed by atoms with Crippen LogP contribution in [0.5, 0.6) is 0 Å². The largest absolute Gasteiger partial charge is 0.460 e. The van der Waals surface area contributed by atoms with E-state index in [1.807, 2.05) is 0 Å². The maximum atomic E-state index is 13.0. The third-order valence-corrected chi connectivity index (χ3v) is 2.77. The lowest BCUT2D eigenvalue weighted by molar-refractivity contribution is -0.344. The summed E-state index contributed by atoms with van der Waals surface area (Å²) in [7, 11) is 0. The zero-order valence-corrected chi connectivity index (χ0v) is 9.86. The van der Waals surface area contributed by atoms with Crippen LogP contribution in [0.15, 0.2) is 11.6 Å². The molecule has 0 heterocycles. The standard InChI is InChI=1S/C9H11F7S/c1-3-17-5-4-6(2)7(10,11)8(12,13)9(14,15)16/h4H,3,5H2,1-2H3. The van der Waals surface area contributed by atoms with Crippen LogP contribution in [0.25, 0.3) is 0 Å². The molecule has 102 valence electrons. The Labute approximate surface area is 98.3 Å². The van der Waals surface area contributed by atoms with Crippen molar-refractivity contribution in [1.82, 2.24) is 0 Å². The fraction of sp³-hybridized carbons (Fsp3) is 0.778. The summed E-state index contributed by atoms with van der Waals surface area (Å²) in [6.45, 7) is 2.27. The molecule has 0 N–H and O–H groups in total. The summed E-state index contributed by atoms with van der Waals surface area (Å²) >= 11 is 1.13. The lowest BCUT2D eigenvalue weighted by Crippen LogP contribution is -2.52. The summed E-state index contributed by atoms with van der Waals surface area (Å²) in [6, 6.07) is 0. The van der Waals surface area contributed by atoms with Crippen LogP contribution in [-0.2, 0) is 0 Å². The average molecular weight is 284 g/mol. The van der Waals surface area contributed by atoms with Gasteiger partial charge in [-0.15, -0.1) is 0 Å². The van der Waals surface area contributed by atoms with Gasteiger partial charge in [0.15, 0.2) is 0 Å². The molecule has 0 amide bonds. The van der Waals surface area contributed by atoms with Crippen LogP contribution >= 0.6 is 11.8 Å². The van der Waals surface area contributed by atoms with Crippen molar-refractivity contribution in [2.75, 3.05) is 11.5 Å². The second-order valence-electron chi connectivity index (χ2n) is 3.19. The van der Waals surface area contributed by atoms with Crippen LogP contribution in [0.1, 0.15) is 13.8 Å². The predicted molar refractivity (Wildman–Crippen MR) is 52.7 cm³/mol. The number of allylic oxidation sites excluding steroid dienone is 1. The fourth-order valence-electron chi connectivity index (χ4n) is 0.856. The van der Waals surface area contributed by atoms with Gasteiger partial charge in [-0.05, 0) is 18.2 Å². The molecule has 0 saturated heterocycles. The molecule has 0 bridgehead atoms. The van der Waals surface area contributed by atoms with E-state index in [9.17, 15) is 30.7 Å². The van der Waals surface area contributed by atoms with Gasteiger partial charge in [-0.1, -0.05) is 13.0 Å². The molecule has 0 aliphatic rings. The Morgan fingerprint density at radius 3 is 1.88 bits per heavy atom. The van der Waals surface area contributed by atoms with Crippen molar-refractivity contribution in [1.29, 1.82) is 0 Å². The summed E-state index contributed by atoms with van der Waals surface area (Å²) in [5.74, 6) is -10.8. The van der Waals surface area contributed by atoms with E-state index in [4.69, 9.17) is 0 Å². The van der Waals surface area contributed by atoms with Crippen molar-refractivity contribution in [2.45, 2.75) is 31.9 Å². The first kappa shape index (κ1) is 16.6. The van der Waals surface area contributed by atoms with Gasteiger partial charge in [-0.25, -0.2) is 0 Å². The van der Waals surface area contributed by atoms with Gasteiger partial charge in [0.1, 0.15) is 0 Å². The SMILES string of the molecule is CCSCC=C(C)C(F)(F)C(F)(F)C(F)(F)F. The second-order valence-corrected chi connectivity index (χ2v) is 4.51. The lowest BCUT2D eigenvalue weighted by Gasteiger charge is -2.28. The van der Waals surface area contributed by atoms with E-state index >= 15 is 0 Å². The van der Waals surface area contributed by atoms with Crippen molar-refractivity contribution < 1.29 is 30.7 Å². The Kier molecular flexibility index (Phi) is 5.37. The van der Waals surface area contributed by atoms with Gasteiger partial charge in [0.25, 0.3) is 0 Å². The molecule has 0 saturated carbocycles. The minimum atomic E-state index is -6.27. The number of hydrogen-bond donors (Lipinski definition) is 0. The van der Waals surface area contributed by atoms with E-state index in [1.165, 1.54) is 0 Å². The molecule has 0 nitrogen and oxygen atoms in total. The van der Waals surface area contributed by atoms with Crippen LogP contribution in [0.3, 0.4) is 0 Å². The van der Waals surface area contributed by atoms with E-state index in [0.29, 0.717) is 18.8 Å². The molecule has 17 heavy (non-hydrogen) atoms. The lowest BCUT2D eigenvalue weighted by atomic mass is 10.0. The van der Waals surface area contributed by atoms with Crippen molar-refractivity contribution in [3.63, 3.8) is 0 Å². The highest BCUT2D eigenvalue weighted by Gasteiger charge is 2.73. The Morgan fingerprint density at radius 2 is 1.53 bits per heavy atom. The first-order valence-corrected chi connectivity index (χ1v) is 5.71. The van der Waals surface area contributed by atoms with Gasteiger partial charge >= 0.3 is 18.0 Å². The molecule has 0 aromatic carbocycles. The minimum absolute atomic E-state index is 0.0359. The molecular formula is C9H11F7S. The van der Waals surface area contributed by atoms with Crippen LogP contribution in [-0.4, -0.2) is 29.5 Å². The van der Waals surface area contributed by atoms with E-state index in [1.54, 1.807) is 6.92 Å². The normalized spacial score (nSPS) is 15.2. The molecule has 0 radical (unpaired) electrons. The first-order chi connectivity index (χ1) is 7.48. The maximum absolute atomic E-state index is 13.0. The minimum Gasteiger partial charge on any atom is -0.194 e. The van der Waals surface area contributed by atoms with E-state index in [-0.39, 0.29) is 5.75 Å². The third kappa shape index (κ3) is 3.53. The molecular weight excluding hydrogens is 273 g/mol. The summed E-state index contributed by atoms with van der Waals surface area (Å²) < 4.78 is 86.5. The number of thioether (sulfide) groups is 1. The topological polar surface area (TPSA) is 0 Å². The number of halogens is 7. The van der Waals surface area contributed by atoms with E-state index in [0.717, 1.165) is 11.8 Å². The van der Waals surface area contributed by atoms with Crippen LogP contribution in [0.2, 0.25) is 0 Å². The van der Waals surface area contributed by atoms with Crippen molar-refractivity contribution in [2.24, 2.45) is 0 Å². The molecule has 0 atom stereocenters. The summed E-state index contributed by atoms with van der Waals surface area (Å²) in [5, 5.41) is 0. The van der Waals surface area contributed by atoms with Gasteiger partial charge in [-0.3, -0.25) is 0 Å². The van der Waals surface area contributed by atoms with E-state index in [2.05, 4.69) is 0 Å². The Balaban J connectivity index is 5.06. The van der Waals surface area contributed by atoms with Crippen LogP contribution in [0.4, 0.5) is 30.7 Å². The predicted octanol–water partition coefficient (Wildman–Crippen LogP) is 4.52. The Hall–Kier alpha value is -0.400. The van der Waals surface area contributed by atoms with Crippen molar-refractivity contribution in [3.05, 3.63) is 11.6 Å². The monoisotopic (exact) mass is 284 g/mol. The molecule has 0 aromatic rings. The molecule has 0 spiro atoms. The highest BCUT2D eigenvalue weighted by atomic mass is 32.2. The number of rotatable bonds is 5. The zero-order chi connectivity index (χ0) is 13.9. The smallest absolute Gasteiger partial charge is 0.194 e. The molecule has 0 fully saturated rings. The molecule has 0 unspecified atom stereocenters. The highest BCUT2D eigenvalue weighted by molar-refractivity contribution is 7.99. The maximum Gasteiger partial charge on any atom is 0.460 e. The molecule has 0 rings (SSSR count). The summed E-state index contributed by atoms with van der Waals surface area (Å²) in [5.41, 5.74) is -1.28. The molecule has 0 aliphatic carbocycles. The third-order valence-electron chi connectivity index (χ3n) is 1.96. The number of alkyl halides is 7. The number of hydrogen-bond acceptors (Lipinski definition) is 1. The van der Waals surface area contributed by atoms with Gasteiger partial charge in [0, 0.05) is 5.75 Å². The van der Waals surface area contributed by atoms with Gasteiger partial charge in [-0.2, -0.15) is 42.5 Å². The van der Waals surface area contributed by atoms with Gasteiger partial charge < -0.3 is 0 Å². The van der Waals surface area contributed by atoms with Gasteiger partial charge in [0.2, 0.25) is 0 Å². The Morgan fingerprint density at radius 1 is 1.06 bits per heavy atom. The van der Waals surface area contributed by atoms with E-state index < -0.39 is 23.6 Å².